The van der Waals surface area contributed by atoms with Crippen molar-refractivity contribution in [1.29, 1.82) is 0 Å². The number of methoxy groups -OCH3 is 1. The van der Waals surface area contributed by atoms with Crippen molar-refractivity contribution in [2.45, 2.75) is 25.7 Å². The van der Waals surface area contributed by atoms with Crippen LogP contribution in [0.2, 0.25) is 0 Å². The molecule has 100 valence electrons. The van der Waals surface area contributed by atoms with Crippen molar-refractivity contribution in [3.63, 3.8) is 0 Å². The lowest BCUT2D eigenvalue weighted by Crippen LogP contribution is -2.52. The minimum atomic E-state index is -0.104. The Morgan fingerprint density at radius 1 is 1.47 bits per heavy atom. The highest BCUT2D eigenvalue weighted by atomic mass is 35.5. The van der Waals surface area contributed by atoms with Crippen LogP contribution < -0.4 is 10.6 Å². The molecule has 0 aromatic heterocycles. The van der Waals surface area contributed by atoms with Gasteiger partial charge in [-0.05, 0) is 19.3 Å². The Labute approximate surface area is 109 Å². The van der Waals surface area contributed by atoms with Gasteiger partial charge < -0.3 is 15.4 Å². The quantitative estimate of drug-likeness (QED) is 0.750. The number of halogens is 1. The van der Waals surface area contributed by atoms with E-state index in [2.05, 4.69) is 10.6 Å². The fourth-order valence-corrected chi connectivity index (χ4v) is 2.41. The van der Waals surface area contributed by atoms with Crippen LogP contribution in [-0.4, -0.2) is 39.3 Å². The third kappa shape index (κ3) is 3.33. The van der Waals surface area contributed by atoms with Crippen LogP contribution in [0.4, 0.5) is 0 Å². The summed E-state index contributed by atoms with van der Waals surface area (Å²) in [7, 11) is 1.70. The lowest BCUT2D eigenvalue weighted by Gasteiger charge is -2.41. The van der Waals surface area contributed by atoms with Gasteiger partial charge in [0.05, 0.1) is 5.41 Å². The van der Waals surface area contributed by atoms with Gasteiger partial charge >= 0.3 is 0 Å². The number of carbonyl (C=O) groups is 1. The van der Waals surface area contributed by atoms with Crippen molar-refractivity contribution in [3.05, 3.63) is 0 Å². The largest absolute Gasteiger partial charge is 0.385 e. The van der Waals surface area contributed by atoms with E-state index in [0.717, 1.165) is 38.9 Å². The first-order valence-corrected chi connectivity index (χ1v) is 6.25. The van der Waals surface area contributed by atoms with Crippen molar-refractivity contribution >= 4 is 18.3 Å². The van der Waals surface area contributed by atoms with E-state index in [0.29, 0.717) is 12.5 Å². The number of rotatable bonds is 6. The molecule has 2 fully saturated rings. The maximum absolute atomic E-state index is 12.1. The van der Waals surface area contributed by atoms with E-state index in [4.69, 9.17) is 4.74 Å². The molecule has 2 aliphatic rings. The molecule has 2 N–H and O–H groups in total. The van der Waals surface area contributed by atoms with Gasteiger partial charge in [-0.2, -0.15) is 0 Å². The Morgan fingerprint density at radius 3 is 2.59 bits per heavy atom. The Morgan fingerprint density at radius 2 is 2.18 bits per heavy atom. The number of amides is 1. The Balaban J connectivity index is 0.00000144. The summed E-state index contributed by atoms with van der Waals surface area (Å²) in [4.78, 5) is 12.1. The summed E-state index contributed by atoms with van der Waals surface area (Å²) >= 11 is 0. The predicted octanol–water partition coefficient (Wildman–Crippen LogP) is 0.951. The summed E-state index contributed by atoms with van der Waals surface area (Å²) in [5, 5.41) is 6.32. The summed E-state index contributed by atoms with van der Waals surface area (Å²) in [5.41, 5.74) is -0.104. The van der Waals surface area contributed by atoms with Crippen molar-refractivity contribution in [3.8, 4) is 0 Å². The van der Waals surface area contributed by atoms with Gasteiger partial charge in [-0.15, -0.1) is 12.4 Å². The lowest BCUT2D eigenvalue weighted by molar-refractivity contribution is -0.137. The number of nitrogens with one attached hydrogen (secondary N) is 2. The molecule has 0 spiro atoms. The third-order valence-electron chi connectivity index (χ3n) is 3.99. The average Bonchev–Trinajstić information content (AvgIpc) is 2.14. The summed E-state index contributed by atoms with van der Waals surface area (Å²) in [6.07, 6.45) is 4.12. The summed E-state index contributed by atoms with van der Waals surface area (Å²) in [6, 6.07) is 0. The molecule has 0 bridgehead atoms. The van der Waals surface area contributed by atoms with Gasteiger partial charge in [-0.25, -0.2) is 0 Å². The molecule has 1 heterocycles. The fraction of sp³-hybridized carbons (Fsp3) is 0.917. The van der Waals surface area contributed by atoms with Crippen molar-refractivity contribution in [2.24, 2.45) is 11.3 Å². The van der Waals surface area contributed by atoms with E-state index in [1.165, 1.54) is 6.42 Å². The topological polar surface area (TPSA) is 50.4 Å². The minimum absolute atomic E-state index is 0. The highest BCUT2D eigenvalue weighted by molar-refractivity contribution is 5.85. The first-order chi connectivity index (χ1) is 7.77. The van der Waals surface area contributed by atoms with E-state index in [-0.39, 0.29) is 23.7 Å². The number of carbonyl (C=O) groups excluding carboxylic acids is 1. The maximum atomic E-state index is 12.1. The normalized spacial score (nSPS) is 21.9. The van der Waals surface area contributed by atoms with Crippen LogP contribution in [-0.2, 0) is 9.53 Å². The molecule has 0 atom stereocenters. The number of ether oxygens (including phenoxy) is 1. The van der Waals surface area contributed by atoms with Crippen LogP contribution in [0.25, 0.3) is 0 Å². The van der Waals surface area contributed by atoms with Crippen molar-refractivity contribution in [2.75, 3.05) is 33.4 Å². The number of hydrogen-bond donors (Lipinski definition) is 2. The molecule has 1 amide bonds. The standard InChI is InChI=1S/C12H22N2O2.ClH/c1-16-6-5-12(3-2-4-12)11(15)14-9-10-7-13-8-10;/h10,13H,2-9H2,1H3,(H,14,15);1H. The van der Waals surface area contributed by atoms with E-state index in [1.54, 1.807) is 7.11 Å². The SMILES string of the molecule is COCCC1(C(=O)NCC2CNC2)CCC1.Cl. The summed E-state index contributed by atoms with van der Waals surface area (Å²) in [5.74, 6) is 0.895. The first-order valence-electron chi connectivity index (χ1n) is 6.25. The lowest BCUT2D eigenvalue weighted by atomic mass is 9.66. The highest BCUT2D eigenvalue weighted by Gasteiger charge is 2.43. The van der Waals surface area contributed by atoms with Crippen LogP contribution in [0, 0.1) is 11.3 Å². The van der Waals surface area contributed by atoms with Gasteiger partial charge in [0, 0.05) is 39.3 Å². The van der Waals surface area contributed by atoms with Crippen LogP contribution in [0.5, 0.6) is 0 Å². The molecular formula is C12H23ClN2O2. The smallest absolute Gasteiger partial charge is 0.226 e. The van der Waals surface area contributed by atoms with Crippen LogP contribution in [0.15, 0.2) is 0 Å². The Bertz CT molecular complexity index is 253. The van der Waals surface area contributed by atoms with Gasteiger partial charge in [0.15, 0.2) is 0 Å². The van der Waals surface area contributed by atoms with E-state index in [9.17, 15) is 4.79 Å². The summed E-state index contributed by atoms with van der Waals surface area (Å²) in [6.45, 7) is 3.62. The first kappa shape index (κ1) is 14.7. The van der Waals surface area contributed by atoms with Gasteiger partial charge in [-0.1, -0.05) is 6.42 Å². The van der Waals surface area contributed by atoms with Crippen LogP contribution >= 0.6 is 12.4 Å². The van der Waals surface area contributed by atoms with Crippen molar-refractivity contribution in [1.82, 2.24) is 10.6 Å². The zero-order chi connectivity index (χ0) is 11.4. The zero-order valence-electron chi connectivity index (χ0n) is 10.5. The number of hydrogen-bond acceptors (Lipinski definition) is 3. The van der Waals surface area contributed by atoms with Gasteiger partial charge in [0.2, 0.25) is 5.91 Å². The monoisotopic (exact) mass is 262 g/mol. The molecule has 4 nitrogen and oxygen atoms in total. The van der Waals surface area contributed by atoms with Crippen molar-refractivity contribution < 1.29 is 9.53 Å². The molecule has 17 heavy (non-hydrogen) atoms. The van der Waals surface area contributed by atoms with E-state index >= 15 is 0 Å². The molecule has 1 saturated carbocycles. The molecule has 5 heteroatoms. The molecular weight excluding hydrogens is 240 g/mol. The zero-order valence-corrected chi connectivity index (χ0v) is 11.3. The third-order valence-corrected chi connectivity index (χ3v) is 3.99. The van der Waals surface area contributed by atoms with Gasteiger partial charge in [0.1, 0.15) is 0 Å². The molecule has 1 aliphatic carbocycles. The molecule has 1 aliphatic heterocycles. The molecule has 1 saturated heterocycles. The van der Waals surface area contributed by atoms with Gasteiger partial charge in [-0.3, -0.25) is 4.79 Å². The second kappa shape index (κ2) is 6.57. The molecule has 0 radical (unpaired) electrons. The minimum Gasteiger partial charge on any atom is -0.385 e. The van der Waals surface area contributed by atoms with Crippen LogP contribution in [0.1, 0.15) is 25.7 Å². The van der Waals surface area contributed by atoms with E-state index in [1.807, 2.05) is 0 Å². The molecule has 0 aromatic rings. The fourth-order valence-electron chi connectivity index (χ4n) is 2.41. The molecule has 2 rings (SSSR count). The van der Waals surface area contributed by atoms with E-state index < -0.39 is 0 Å². The van der Waals surface area contributed by atoms with Crippen LogP contribution in [0.3, 0.4) is 0 Å². The molecule has 0 aromatic carbocycles. The highest BCUT2D eigenvalue weighted by Crippen LogP contribution is 2.44. The summed E-state index contributed by atoms with van der Waals surface area (Å²) < 4.78 is 5.09. The second-order valence-electron chi connectivity index (χ2n) is 5.11. The van der Waals surface area contributed by atoms with Gasteiger partial charge in [0.25, 0.3) is 0 Å². The Kier molecular flexibility index (Phi) is 5.70. The maximum Gasteiger partial charge on any atom is 0.226 e. The second-order valence-corrected chi connectivity index (χ2v) is 5.11. The molecule has 0 unspecified atom stereocenters. The average molecular weight is 263 g/mol. The Hall–Kier alpha value is -0.320. The predicted molar refractivity (Wildman–Crippen MR) is 69.4 cm³/mol.